The number of ether oxygens (including phenoxy) is 2. The van der Waals surface area contributed by atoms with Gasteiger partial charge in [-0.05, 0) is 39.8 Å². The van der Waals surface area contributed by atoms with E-state index in [1.807, 2.05) is 27.7 Å². The topological polar surface area (TPSA) is 62.6 Å². The second kappa shape index (κ2) is 7.31. The number of halogens is 1. The quantitative estimate of drug-likeness (QED) is 0.797. The van der Waals surface area contributed by atoms with E-state index in [0.29, 0.717) is 29.4 Å². The number of hydrogen-bond acceptors (Lipinski definition) is 4. The van der Waals surface area contributed by atoms with Crippen LogP contribution < -0.4 is 4.74 Å². The first-order chi connectivity index (χ1) is 11.2. The summed E-state index contributed by atoms with van der Waals surface area (Å²) >= 11 is 6.17. The van der Waals surface area contributed by atoms with Gasteiger partial charge in [-0.2, -0.15) is 5.26 Å². The Bertz CT molecular complexity index is 653. The molecule has 6 heteroatoms. The molecule has 1 saturated heterocycles. The van der Waals surface area contributed by atoms with Crippen molar-refractivity contribution in [2.24, 2.45) is 0 Å². The summed E-state index contributed by atoms with van der Waals surface area (Å²) in [7, 11) is 0. The molecule has 1 fully saturated rings. The predicted octanol–water partition coefficient (Wildman–Crippen LogP) is 4.30. The van der Waals surface area contributed by atoms with E-state index in [1.54, 1.807) is 17.0 Å². The molecule has 130 valence electrons. The van der Waals surface area contributed by atoms with Gasteiger partial charge in [0, 0.05) is 31.5 Å². The highest BCUT2D eigenvalue weighted by Gasteiger charge is 2.28. The molecule has 0 radical (unpaired) electrons. The van der Waals surface area contributed by atoms with Crippen molar-refractivity contribution in [1.82, 2.24) is 4.90 Å². The second-order valence-electron chi connectivity index (χ2n) is 6.95. The van der Waals surface area contributed by atoms with Gasteiger partial charge in [0.05, 0.1) is 10.6 Å². The van der Waals surface area contributed by atoms with E-state index >= 15 is 0 Å². The number of amides is 1. The third-order valence-corrected chi connectivity index (χ3v) is 4.33. The van der Waals surface area contributed by atoms with Crippen molar-refractivity contribution in [3.8, 4) is 11.8 Å². The van der Waals surface area contributed by atoms with Crippen LogP contribution in [-0.2, 0) is 4.74 Å². The molecule has 1 heterocycles. The molecule has 0 spiro atoms. The molecule has 1 aromatic carbocycles. The Labute approximate surface area is 148 Å². The van der Waals surface area contributed by atoms with Gasteiger partial charge in [-0.15, -0.1) is 0 Å². The Morgan fingerprint density at radius 1 is 1.33 bits per heavy atom. The van der Waals surface area contributed by atoms with Crippen molar-refractivity contribution in [2.75, 3.05) is 13.1 Å². The minimum atomic E-state index is -0.485. The zero-order chi connectivity index (χ0) is 17.9. The highest BCUT2D eigenvalue weighted by Crippen LogP contribution is 2.30. The summed E-state index contributed by atoms with van der Waals surface area (Å²) in [5.74, 6) is 0.690. The van der Waals surface area contributed by atoms with Gasteiger partial charge in [0.2, 0.25) is 0 Å². The van der Waals surface area contributed by atoms with Gasteiger partial charge < -0.3 is 14.4 Å². The number of benzene rings is 1. The maximum Gasteiger partial charge on any atom is 0.410 e. The Balaban J connectivity index is 1.93. The Morgan fingerprint density at radius 3 is 2.50 bits per heavy atom. The SMILES string of the molecule is Cc1c(OC2CCN(C(=O)OC(C)(C)C)CC2)ccc(C#N)c1Cl. The van der Waals surface area contributed by atoms with E-state index in [2.05, 4.69) is 6.07 Å². The number of hydrogen-bond donors (Lipinski definition) is 0. The largest absolute Gasteiger partial charge is 0.490 e. The standard InChI is InChI=1S/C18H23ClN2O3/c1-12-15(6-5-13(11-20)16(12)19)23-14-7-9-21(10-8-14)17(22)24-18(2,3)4/h5-6,14H,7-10H2,1-4H3. The Morgan fingerprint density at radius 2 is 1.96 bits per heavy atom. The average Bonchev–Trinajstić information content (AvgIpc) is 2.51. The molecule has 1 aromatic rings. The monoisotopic (exact) mass is 350 g/mol. The van der Waals surface area contributed by atoms with E-state index in [-0.39, 0.29) is 12.2 Å². The lowest BCUT2D eigenvalue weighted by molar-refractivity contribution is 0.0126. The average molecular weight is 351 g/mol. The number of nitrogens with zero attached hydrogens (tertiary/aromatic N) is 2. The fraction of sp³-hybridized carbons (Fsp3) is 0.556. The van der Waals surface area contributed by atoms with Crippen LogP contribution in [0.4, 0.5) is 4.79 Å². The van der Waals surface area contributed by atoms with Gasteiger partial charge in [-0.1, -0.05) is 11.6 Å². The van der Waals surface area contributed by atoms with E-state index in [9.17, 15) is 4.79 Å². The maximum atomic E-state index is 12.1. The molecule has 5 nitrogen and oxygen atoms in total. The molecular weight excluding hydrogens is 328 g/mol. The van der Waals surface area contributed by atoms with E-state index in [1.165, 1.54) is 0 Å². The van der Waals surface area contributed by atoms with Crippen molar-refractivity contribution in [3.63, 3.8) is 0 Å². The highest BCUT2D eigenvalue weighted by atomic mass is 35.5. The van der Waals surface area contributed by atoms with E-state index < -0.39 is 5.60 Å². The van der Waals surface area contributed by atoms with Crippen molar-refractivity contribution < 1.29 is 14.3 Å². The van der Waals surface area contributed by atoms with Gasteiger partial charge in [0.25, 0.3) is 0 Å². The molecule has 0 bridgehead atoms. The van der Waals surface area contributed by atoms with Crippen LogP contribution in [0.5, 0.6) is 5.75 Å². The first-order valence-corrected chi connectivity index (χ1v) is 8.43. The van der Waals surface area contributed by atoms with Crippen LogP contribution in [0, 0.1) is 18.3 Å². The Kier molecular flexibility index (Phi) is 5.61. The summed E-state index contributed by atoms with van der Waals surface area (Å²) in [4.78, 5) is 13.8. The van der Waals surface area contributed by atoms with E-state index in [4.69, 9.17) is 26.3 Å². The third kappa shape index (κ3) is 4.55. The molecule has 1 aliphatic rings. The zero-order valence-corrected chi connectivity index (χ0v) is 15.3. The normalized spacial score (nSPS) is 15.8. The summed E-state index contributed by atoms with van der Waals surface area (Å²) in [5, 5.41) is 9.42. The summed E-state index contributed by atoms with van der Waals surface area (Å²) in [6.07, 6.45) is 1.21. The smallest absolute Gasteiger partial charge is 0.410 e. The lowest BCUT2D eigenvalue weighted by Gasteiger charge is -2.33. The molecule has 0 atom stereocenters. The number of rotatable bonds is 2. The van der Waals surface area contributed by atoms with Crippen LogP contribution in [-0.4, -0.2) is 35.8 Å². The van der Waals surface area contributed by atoms with Gasteiger partial charge in [-0.3, -0.25) is 0 Å². The lowest BCUT2D eigenvalue weighted by atomic mass is 10.1. The van der Waals surface area contributed by atoms with Gasteiger partial charge >= 0.3 is 6.09 Å². The number of nitriles is 1. The summed E-state index contributed by atoms with van der Waals surface area (Å²) in [6, 6.07) is 5.50. The van der Waals surface area contributed by atoms with E-state index in [0.717, 1.165) is 18.4 Å². The highest BCUT2D eigenvalue weighted by molar-refractivity contribution is 6.32. The van der Waals surface area contributed by atoms with Gasteiger partial charge in [-0.25, -0.2) is 4.79 Å². The number of carbonyl (C=O) groups is 1. The molecular formula is C18H23ClN2O3. The molecule has 0 aliphatic carbocycles. The summed E-state index contributed by atoms with van der Waals surface area (Å²) in [5.41, 5.74) is 0.729. The lowest BCUT2D eigenvalue weighted by Crippen LogP contribution is -2.44. The van der Waals surface area contributed by atoms with Crippen molar-refractivity contribution in [3.05, 3.63) is 28.3 Å². The molecule has 0 aromatic heterocycles. The fourth-order valence-electron chi connectivity index (χ4n) is 2.54. The molecule has 1 amide bonds. The molecule has 0 unspecified atom stereocenters. The minimum absolute atomic E-state index is 0.0198. The Hall–Kier alpha value is -1.93. The van der Waals surface area contributed by atoms with Crippen LogP contribution in [0.3, 0.4) is 0 Å². The van der Waals surface area contributed by atoms with Crippen LogP contribution in [0.25, 0.3) is 0 Å². The summed E-state index contributed by atoms with van der Waals surface area (Å²) in [6.45, 7) is 8.62. The second-order valence-corrected chi connectivity index (χ2v) is 7.32. The molecule has 1 aliphatic heterocycles. The van der Waals surface area contributed by atoms with Gasteiger partial charge in [0.15, 0.2) is 0 Å². The predicted molar refractivity (Wildman–Crippen MR) is 92.4 cm³/mol. The maximum absolute atomic E-state index is 12.1. The number of carbonyl (C=O) groups excluding carboxylic acids is 1. The molecule has 2 rings (SSSR count). The molecule has 0 saturated carbocycles. The minimum Gasteiger partial charge on any atom is -0.490 e. The van der Waals surface area contributed by atoms with Crippen LogP contribution in [0.15, 0.2) is 12.1 Å². The van der Waals surface area contributed by atoms with Gasteiger partial charge in [0.1, 0.15) is 23.5 Å². The number of piperidine rings is 1. The van der Waals surface area contributed by atoms with Crippen molar-refractivity contribution >= 4 is 17.7 Å². The summed E-state index contributed by atoms with van der Waals surface area (Å²) < 4.78 is 11.4. The number of likely N-dealkylation sites (tertiary alicyclic amines) is 1. The van der Waals surface area contributed by atoms with Crippen molar-refractivity contribution in [2.45, 2.75) is 52.2 Å². The van der Waals surface area contributed by atoms with Crippen LogP contribution in [0.1, 0.15) is 44.7 Å². The van der Waals surface area contributed by atoms with Crippen LogP contribution in [0.2, 0.25) is 5.02 Å². The zero-order valence-electron chi connectivity index (χ0n) is 14.6. The molecule has 24 heavy (non-hydrogen) atoms. The van der Waals surface area contributed by atoms with Crippen LogP contribution >= 0.6 is 11.6 Å². The van der Waals surface area contributed by atoms with Crippen molar-refractivity contribution in [1.29, 1.82) is 5.26 Å². The third-order valence-electron chi connectivity index (χ3n) is 3.84. The first kappa shape index (κ1) is 18.4. The first-order valence-electron chi connectivity index (χ1n) is 8.05. The fourth-order valence-corrected chi connectivity index (χ4v) is 2.74. The molecule has 0 N–H and O–H groups in total.